The van der Waals surface area contributed by atoms with E-state index in [0.29, 0.717) is 12.1 Å². The maximum atomic E-state index is 6.16. The molecule has 0 saturated carbocycles. The quantitative estimate of drug-likeness (QED) is 0.667. The molecule has 0 radical (unpaired) electrons. The minimum absolute atomic E-state index is 0.198. The van der Waals surface area contributed by atoms with Crippen molar-refractivity contribution in [2.75, 3.05) is 26.2 Å². The van der Waals surface area contributed by atoms with Crippen molar-refractivity contribution >= 4 is 17.9 Å². The molecule has 0 bridgehead atoms. The molecule has 5 rings (SSSR count). The van der Waals surface area contributed by atoms with E-state index in [1.54, 1.807) is 0 Å². The fourth-order valence-electron chi connectivity index (χ4n) is 6.36. The van der Waals surface area contributed by atoms with E-state index in [2.05, 4.69) is 68.8 Å². The Morgan fingerprint density at radius 3 is 2.32 bits per heavy atom. The van der Waals surface area contributed by atoms with Crippen molar-refractivity contribution in [1.82, 2.24) is 9.80 Å². The Morgan fingerprint density at radius 1 is 0.941 bits per heavy atom. The second-order valence-corrected chi connectivity index (χ2v) is 12.3. The highest BCUT2D eigenvalue weighted by atomic mass is 15.3. The van der Waals surface area contributed by atoms with Crippen LogP contribution in [0.5, 0.6) is 0 Å². The fourth-order valence-corrected chi connectivity index (χ4v) is 6.36. The van der Waals surface area contributed by atoms with Crippen molar-refractivity contribution in [3.63, 3.8) is 0 Å². The van der Waals surface area contributed by atoms with Crippen LogP contribution < -0.4 is 5.73 Å². The Hall–Kier alpha value is -1.98. The summed E-state index contributed by atoms with van der Waals surface area (Å²) < 4.78 is 0. The van der Waals surface area contributed by atoms with Gasteiger partial charge in [0.15, 0.2) is 0 Å². The van der Waals surface area contributed by atoms with Gasteiger partial charge in [0.25, 0.3) is 0 Å². The lowest BCUT2D eigenvalue weighted by Crippen LogP contribution is -2.46. The molecular weight excluding hydrogens is 418 g/mol. The van der Waals surface area contributed by atoms with E-state index >= 15 is 0 Å². The summed E-state index contributed by atoms with van der Waals surface area (Å²) in [4.78, 5) is 15.0. The molecule has 1 unspecified atom stereocenters. The molecular formula is C29H43N5. The molecule has 3 heterocycles. The van der Waals surface area contributed by atoms with Gasteiger partial charge in [-0.25, -0.2) is 9.98 Å². The van der Waals surface area contributed by atoms with Crippen LogP contribution >= 0.6 is 0 Å². The van der Waals surface area contributed by atoms with Gasteiger partial charge in [0, 0.05) is 56.5 Å². The van der Waals surface area contributed by atoms with Gasteiger partial charge < -0.3 is 10.6 Å². The molecule has 2 saturated heterocycles. The third-order valence-electron chi connectivity index (χ3n) is 8.87. The zero-order valence-corrected chi connectivity index (χ0v) is 21.9. The Balaban J connectivity index is 1.40. The van der Waals surface area contributed by atoms with Gasteiger partial charge in [-0.3, -0.25) is 4.90 Å². The first kappa shape index (κ1) is 23.7. The first-order chi connectivity index (χ1) is 16.1. The number of nitrogens with zero attached hydrogens (tertiary/aromatic N) is 4. The van der Waals surface area contributed by atoms with E-state index in [-0.39, 0.29) is 10.8 Å². The van der Waals surface area contributed by atoms with E-state index < -0.39 is 0 Å². The van der Waals surface area contributed by atoms with Crippen LogP contribution in [0, 0.1) is 0 Å². The summed E-state index contributed by atoms with van der Waals surface area (Å²) in [5, 5.41) is 0. The largest absolute Gasteiger partial charge is 0.341 e. The van der Waals surface area contributed by atoms with E-state index in [0.717, 1.165) is 50.7 Å². The van der Waals surface area contributed by atoms with Crippen molar-refractivity contribution < 1.29 is 0 Å². The number of nitrogens with two attached hydrogens (primary N) is 1. The van der Waals surface area contributed by atoms with Crippen LogP contribution in [0.3, 0.4) is 0 Å². The molecule has 1 aromatic rings. The summed E-state index contributed by atoms with van der Waals surface area (Å²) in [7, 11) is 0. The molecule has 0 aromatic heterocycles. The van der Waals surface area contributed by atoms with Crippen LogP contribution in [0.25, 0.3) is 5.70 Å². The average molecular weight is 462 g/mol. The van der Waals surface area contributed by atoms with Crippen LogP contribution in [0.1, 0.15) is 89.8 Å². The third kappa shape index (κ3) is 4.49. The molecule has 1 aliphatic carbocycles. The number of rotatable bonds is 2. The number of likely N-dealkylation sites (tertiary alicyclic amines) is 2. The van der Waals surface area contributed by atoms with Crippen LogP contribution in [0.4, 0.5) is 0 Å². The van der Waals surface area contributed by atoms with Crippen LogP contribution in [-0.4, -0.2) is 60.2 Å². The van der Waals surface area contributed by atoms with Crippen molar-refractivity contribution in [3.8, 4) is 0 Å². The highest BCUT2D eigenvalue weighted by Crippen LogP contribution is 2.46. The van der Waals surface area contributed by atoms with Crippen molar-refractivity contribution in [2.24, 2.45) is 15.7 Å². The average Bonchev–Trinajstić information content (AvgIpc) is 3.15. The number of hydrogen-bond acceptors (Lipinski definition) is 5. The van der Waals surface area contributed by atoms with Crippen molar-refractivity contribution in [3.05, 3.63) is 40.5 Å². The molecule has 0 spiro atoms. The van der Waals surface area contributed by atoms with E-state index in [1.165, 1.54) is 47.9 Å². The summed E-state index contributed by atoms with van der Waals surface area (Å²) >= 11 is 0. The minimum Gasteiger partial charge on any atom is -0.341 e. The molecule has 2 fully saturated rings. The summed E-state index contributed by atoms with van der Waals surface area (Å²) in [5.41, 5.74) is 13.2. The minimum atomic E-state index is 0.198. The Kier molecular flexibility index (Phi) is 6.22. The topological polar surface area (TPSA) is 57.2 Å². The maximum absolute atomic E-state index is 6.16. The van der Waals surface area contributed by atoms with E-state index in [1.807, 2.05) is 0 Å². The molecule has 3 aliphatic heterocycles. The summed E-state index contributed by atoms with van der Waals surface area (Å²) in [6.45, 7) is 16.0. The van der Waals surface area contributed by atoms with Gasteiger partial charge in [0.1, 0.15) is 0 Å². The number of hydrogen-bond donors (Lipinski definition) is 1. The highest BCUT2D eigenvalue weighted by Gasteiger charge is 2.37. The molecule has 4 aliphatic rings. The maximum Gasteiger partial charge on any atom is 0.225 e. The normalized spacial score (nSPS) is 27.5. The molecule has 0 amide bonds. The summed E-state index contributed by atoms with van der Waals surface area (Å²) in [6.07, 6.45) is 8.85. The monoisotopic (exact) mass is 461 g/mol. The number of benzene rings is 1. The predicted octanol–water partition coefficient (Wildman–Crippen LogP) is 5.09. The summed E-state index contributed by atoms with van der Waals surface area (Å²) in [5.74, 6) is 0.890. The van der Waals surface area contributed by atoms with E-state index in [9.17, 15) is 0 Å². The van der Waals surface area contributed by atoms with Gasteiger partial charge in [-0.15, -0.1) is 0 Å². The lowest BCUT2D eigenvalue weighted by molar-refractivity contribution is 0.161. The number of allylic oxidation sites excluding steroid dienone is 1. The predicted molar refractivity (Wildman–Crippen MR) is 144 cm³/mol. The second kappa shape index (κ2) is 8.91. The van der Waals surface area contributed by atoms with E-state index in [4.69, 9.17) is 15.7 Å². The first-order valence-corrected chi connectivity index (χ1v) is 13.3. The lowest BCUT2D eigenvalue weighted by atomic mass is 9.63. The zero-order chi connectivity index (χ0) is 24.1. The van der Waals surface area contributed by atoms with Crippen LogP contribution in [0.2, 0.25) is 0 Å². The van der Waals surface area contributed by atoms with Gasteiger partial charge in [-0.05, 0) is 72.6 Å². The zero-order valence-electron chi connectivity index (χ0n) is 21.9. The number of piperidine rings is 1. The highest BCUT2D eigenvalue weighted by molar-refractivity contribution is 5.95. The Bertz CT molecular complexity index is 1020. The van der Waals surface area contributed by atoms with Gasteiger partial charge >= 0.3 is 0 Å². The molecule has 5 nitrogen and oxygen atoms in total. The van der Waals surface area contributed by atoms with Gasteiger partial charge in [-0.1, -0.05) is 39.8 Å². The van der Waals surface area contributed by atoms with Gasteiger partial charge in [-0.2, -0.15) is 0 Å². The van der Waals surface area contributed by atoms with Crippen molar-refractivity contribution in [2.45, 2.75) is 96.1 Å². The Labute approximate surface area is 206 Å². The molecule has 5 heteroatoms. The van der Waals surface area contributed by atoms with Gasteiger partial charge in [0.05, 0.1) is 5.70 Å². The fraction of sp³-hybridized carbons (Fsp3) is 0.655. The molecule has 34 heavy (non-hydrogen) atoms. The van der Waals surface area contributed by atoms with Crippen LogP contribution in [0.15, 0.2) is 33.8 Å². The Morgan fingerprint density at radius 2 is 1.65 bits per heavy atom. The molecule has 184 valence electrons. The second-order valence-electron chi connectivity index (χ2n) is 12.3. The first-order valence-electron chi connectivity index (χ1n) is 13.3. The SMILES string of the molecule is CC1=C(c2ccc3c(c2)C(C)(C)CCC3(C)C)N=C(N2CCC(N3CCC(N)C3)CC2)N=CC1. The lowest BCUT2D eigenvalue weighted by Gasteiger charge is -2.42. The smallest absolute Gasteiger partial charge is 0.225 e. The molecule has 1 aromatic carbocycles. The standard InChI is InChI=1S/C29H43N5/c1-20-8-14-31-27(33-16-10-23(11-17-33)34-15-9-22(30)19-34)32-26(20)21-6-7-24-25(18-21)29(4,5)13-12-28(24,2)3/h6-7,14,18,22-23H,8-13,15-17,19,30H2,1-5H3. The van der Waals surface area contributed by atoms with Crippen molar-refractivity contribution in [1.29, 1.82) is 0 Å². The summed E-state index contributed by atoms with van der Waals surface area (Å²) in [6, 6.07) is 8.12. The number of guanidine groups is 1. The number of aliphatic imine (C=N–C) groups is 2. The third-order valence-corrected chi connectivity index (χ3v) is 8.87. The van der Waals surface area contributed by atoms with Gasteiger partial charge in [0.2, 0.25) is 5.96 Å². The molecule has 1 atom stereocenters. The van der Waals surface area contributed by atoms with Crippen LogP contribution in [-0.2, 0) is 10.8 Å². The molecule has 2 N–H and O–H groups in total. The number of fused-ring (bicyclic) bond motifs is 1.